The van der Waals surface area contributed by atoms with Crippen LogP contribution in [0.4, 0.5) is 9.59 Å². The van der Waals surface area contributed by atoms with E-state index in [0.717, 1.165) is 50.4 Å². The minimum Gasteiger partial charge on any atom is -0.390 e. The molecule has 4 aromatic rings. The van der Waals surface area contributed by atoms with Crippen LogP contribution in [0.5, 0.6) is 0 Å². The number of rotatable bonds is 12. The van der Waals surface area contributed by atoms with E-state index in [0.29, 0.717) is 76.6 Å². The Morgan fingerprint density at radius 2 is 0.931 bits per heavy atom. The quantitative estimate of drug-likeness (QED) is 0.218. The smallest absolute Gasteiger partial charge is 0.320 e. The number of nitrogens with zero attached hydrogens (tertiary/aromatic N) is 10. The van der Waals surface area contributed by atoms with Crippen LogP contribution in [0.2, 0.25) is 0 Å². The summed E-state index contributed by atoms with van der Waals surface area (Å²) in [6, 6.07) is 27.8. The van der Waals surface area contributed by atoms with Crippen LogP contribution in [0.15, 0.2) is 85.2 Å². The number of nitriles is 2. The molecule has 4 aliphatic rings. The van der Waals surface area contributed by atoms with Gasteiger partial charge in [-0.3, -0.25) is 19.8 Å². The Kier molecular flexibility index (Phi) is 13.2. The first-order valence-corrected chi connectivity index (χ1v) is 20.0. The number of carbonyl (C=O) groups is 2. The maximum absolute atomic E-state index is 12.7. The molecule has 2 aromatic heterocycles. The highest BCUT2D eigenvalue weighted by Gasteiger charge is 2.32. The van der Waals surface area contributed by atoms with Gasteiger partial charge < -0.3 is 29.8 Å². The van der Waals surface area contributed by atoms with E-state index in [2.05, 4.69) is 68.3 Å². The molecule has 14 heteroatoms. The number of β-amino-alcohol motifs (C(OH)–C–C–N with tert-alkyl or cyclic N) is 2. The first-order chi connectivity index (χ1) is 28.2. The molecule has 58 heavy (non-hydrogen) atoms. The molecule has 2 fully saturated rings. The van der Waals surface area contributed by atoms with E-state index in [4.69, 9.17) is 10.5 Å². The standard InChI is InChI=1S/2C22H25N5O2/c2*23-11-17-5-6-20(24-12-17)14-26-9-10-27(22(26)29)16-21(28)15-25-8-7-18-3-1-2-4-19(18)13-25/h2*1-6,12,21,28H,7-10,13-16H2. The third kappa shape index (κ3) is 10.3. The van der Waals surface area contributed by atoms with Crippen molar-refractivity contribution < 1.29 is 19.8 Å². The average molecular weight is 783 g/mol. The van der Waals surface area contributed by atoms with Crippen LogP contribution in [-0.4, -0.2) is 139 Å². The van der Waals surface area contributed by atoms with Gasteiger partial charge in [0, 0.05) is 90.9 Å². The molecule has 0 saturated carbocycles. The maximum atomic E-state index is 12.7. The molecule has 0 radical (unpaired) electrons. The number of aliphatic hydroxyl groups is 2. The summed E-state index contributed by atoms with van der Waals surface area (Å²) in [6.45, 7) is 8.64. The molecular formula is C44H50N10O4. The van der Waals surface area contributed by atoms with Gasteiger partial charge in [0.25, 0.3) is 0 Å². The van der Waals surface area contributed by atoms with Gasteiger partial charge in [0.05, 0.1) is 47.8 Å². The number of hydrogen-bond acceptors (Lipinski definition) is 10. The molecule has 2 saturated heterocycles. The molecule has 2 N–H and O–H groups in total. The molecule has 4 aliphatic heterocycles. The number of hydrogen-bond donors (Lipinski definition) is 2. The molecule has 300 valence electrons. The molecule has 2 unspecified atom stereocenters. The zero-order chi connectivity index (χ0) is 40.4. The Morgan fingerprint density at radius 3 is 1.31 bits per heavy atom. The van der Waals surface area contributed by atoms with Crippen molar-refractivity contribution in [2.45, 2.75) is 51.2 Å². The summed E-state index contributed by atoms with van der Waals surface area (Å²) in [5, 5.41) is 38.8. The van der Waals surface area contributed by atoms with E-state index >= 15 is 0 Å². The number of amides is 4. The summed E-state index contributed by atoms with van der Waals surface area (Å²) in [5.41, 5.74) is 7.95. The third-order valence-electron chi connectivity index (χ3n) is 11.2. The molecule has 2 aromatic carbocycles. The lowest BCUT2D eigenvalue weighted by atomic mass is 10.00. The molecule has 4 amide bonds. The lowest BCUT2D eigenvalue weighted by Gasteiger charge is -2.31. The number of aromatic nitrogens is 2. The van der Waals surface area contributed by atoms with Crippen LogP contribution in [-0.2, 0) is 39.0 Å². The van der Waals surface area contributed by atoms with Crippen LogP contribution >= 0.6 is 0 Å². The van der Waals surface area contributed by atoms with Gasteiger partial charge in [0.15, 0.2) is 0 Å². The Labute approximate surface area is 339 Å². The summed E-state index contributed by atoms with van der Waals surface area (Å²) in [4.78, 5) is 45.2. The SMILES string of the molecule is N#Cc1ccc(CN2CCN(CC(O)CN3CCc4ccccc4C3)C2=O)nc1.N#Cc1ccc(CN2CCN(CC(O)CN3CCc4ccccc4C3)C2=O)nc1. The highest BCUT2D eigenvalue weighted by molar-refractivity contribution is 5.77. The fourth-order valence-electron chi connectivity index (χ4n) is 8.10. The highest BCUT2D eigenvalue weighted by atomic mass is 16.3. The van der Waals surface area contributed by atoms with E-state index in [1.807, 2.05) is 12.1 Å². The Bertz CT molecular complexity index is 1970. The Hall–Kier alpha value is -5.90. The first-order valence-electron chi connectivity index (χ1n) is 20.0. The summed E-state index contributed by atoms with van der Waals surface area (Å²) in [5.74, 6) is 0. The molecule has 2 atom stereocenters. The predicted molar refractivity (Wildman–Crippen MR) is 216 cm³/mol. The van der Waals surface area contributed by atoms with Crippen LogP contribution in [0.3, 0.4) is 0 Å². The molecule has 0 bridgehead atoms. The summed E-state index contributed by atoms with van der Waals surface area (Å²) in [7, 11) is 0. The lowest BCUT2D eigenvalue weighted by molar-refractivity contribution is 0.0811. The van der Waals surface area contributed by atoms with Crippen LogP contribution in [0.1, 0.15) is 44.8 Å². The normalized spacial score (nSPS) is 17.9. The fraction of sp³-hybridized carbons (Fsp3) is 0.409. The van der Waals surface area contributed by atoms with E-state index in [1.165, 1.54) is 34.6 Å². The van der Waals surface area contributed by atoms with Gasteiger partial charge in [-0.15, -0.1) is 0 Å². The van der Waals surface area contributed by atoms with Gasteiger partial charge >= 0.3 is 12.1 Å². The topological polar surface area (TPSA) is 167 Å². The average Bonchev–Trinajstić information content (AvgIpc) is 3.76. The second kappa shape index (κ2) is 19.0. The minimum absolute atomic E-state index is 0.0702. The van der Waals surface area contributed by atoms with Crippen LogP contribution < -0.4 is 0 Å². The van der Waals surface area contributed by atoms with Crippen molar-refractivity contribution in [2.75, 3.05) is 65.4 Å². The Morgan fingerprint density at radius 1 is 0.534 bits per heavy atom. The van der Waals surface area contributed by atoms with Crippen molar-refractivity contribution in [1.82, 2.24) is 39.4 Å². The molecule has 6 heterocycles. The largest absolute Gasteiger partial charge is 0.390 e. The van der Waals surface area contributed by atoms with Gasteiger partial charge in [-0.1, -0.05) is 48.5 Å². The van der Waals surface area contributed by atoms with Crippen molar-refractivity contribution in [3.8, 4) is 12.1 Å². The van der Waals surface area contributed by atoms with E-state index in [9.17, 15) is 19.8 Å². The van der Waals surface area contributed by atoms with Gasteiger partial charge in [-0.2, -0.15) is 10.5 Å². The molecule has 14 nitrogen and oxygen atoms in total. The van der Waals surface area contributed by atoms with Crippen LogP contribution in [0.25, 0.3) is 0 Å². The zero-order valence-electron chi connectivity index (χ0n) is 32.7. The fourth-order valence-corrected chi connectivity index (χ4v) is 8.10. The van der Waals surface area contributed by atoms with Crippen molar-refractivity contribution in [3.63, 3.8) is 0 Å². The second-order valence-electron chi connectivity index (χ2n) is 15.4. The summed E-state index contributed by atoms with van der Waals surface area (Å²) < 4.78 is 0. The van der Waals surface area contributed by atoms with Crippen molar-refractivity contribution in [3.05, 3.63) is 130 Å². The number of carbonyl (C=O) groups excluding carboxylic acids is 2. The zero-order valence-corrected chi connectivity index (χ0v) is 32.7. The first kappa shape index (κ1) is 40.3. The minimum atomic E-state index is -0.572. The van der Waals surface area contributed by atoms with Gasteiger partial charge in [0.2, 0.25) is 0 Å². The van der Waals surface area contributed by atoms with Crippen LogP contribution in [0, 0.1) is 22.7 Å². The number of aliphatic hydroxyl groups excluding tert-OH is 2. The number of fused-ring (bicyclic) bond motifs is 2. The molecular weight excluding hydrogens is 733 g/mol. The number of benzene rings is 2. The summed E-state index contributed by atoms with van der Waals surface area (Å²) >= 11 is 0. The van der Waals surface area contributed by atoms with Crippen molar-refractivity contribution in [1.29, 1.82) is 10.5 Å². The van der Waals surface area contributed by atoms with E-state index in [1.54, 1.807) is 43.9 Å². The maximum Gasteiger partial charge on any atom is 0.320 e. The van der Waals surface area contributed by atoms with Gasteiger partial charge in [0.1, 0.15) is 12.1 Å². The van der Waals surface area contributed by atoms with Gasteiger partial charge in [-0.05, 0) is 59.4 Å². The second-order valence-corrected chi connectivity index (χ2v) is 15.4. The van der Waals surface area contributed by atoms with Gasteiger partial charge in [-0.25, -0.2) is 9.59 Å². The lowest BCUT2D eigenvalue weighted by Crippen LogP contribution is -2.43. The Balaban J connectivity index is 0.000000177. The highest BCUT2D eigenvalue weighted by Crippen LogP contribution is 2.21. The van der Waals surface area contributed by atoms with Crippen molar-refractivity contribution in [2.24, 2.45) is 0 Å². The predicted octanol–water partition coefficient (Wildman–Crippen LogP) is 3.22. The molecule has 0 spiro atoms. The molecule has 8 rings (SSSR count). The number of pyridine rings is 2. The van der Waals surface area contributed by atoms with Crippen molar-refractivity contribution >= 4 is 12.1 Å². The van der Waals surface area contributed by atoms with E-state index in [-0.39, 0.29) is 12.1 Å². The molecule has 0 aliphatic carbocycles. The summed E-state index contributed by atoms with van der Waals surface area (Å²) in [6.07, 6.45) is 3.89. The monoisotopic (exact) mass is 782 g/mol. The third-order valence-corrected chi connectivity index (χ3v) is 11.2. The number of urea groups is 2. The van der Waals surface area contributed by atoms with E-state index < -0.39 is 12.2 Å².